The van der Waals surface area contributed by atoms with Crippen molar-refractivity contribution in [2.45, 2.75) is 104 Å². The summed E-state index contributed by atoms with van der Waals surface area (Å²) in [7, 11) is 1.52. The first-order valence-corrected chi connectivity index (χ1v) is 26.7. The molecule has 6 rings (SSSR count). The predicted octanol–water partition coefficient (Wildman–Crippen LogP) is 9.19. The van der Waals surface area contributed by atoms with Gasteiger partial charge in [0.25, 0.3) is 11.8 Å². The van der Waals surface area contributed by atoms with Crippen molar-refractivity contribution < 1.29 is 71.3 Å². The van der Waals surface area contributed by atoms with Gasteiger partial charge in [-0.2, -0.15) is 5.06 Å². The van der Waals surface area contributed by atoms with E-state index < -0.39 is 72.6 Å². The molecule has 1 heterocycles. The van der Waals surface area contributed by atoms with Crippen molar-refractivity contribution >= 4 is 48.0 Å². The Bertz CT molecular complexity index is 3060. The highest BCUT2D eigenvalue weighted by atomic mass is 16.7. The van der Waals surface area contributed by atoms with Crippen LogP contribution in [-0.4, -0.2) is 85.5 Å². The molecule has 3 atom stereocenters. The number of hydrogen-bond acceptors (Lipinski definition) is 15. The van der Waals surface area contributed by atoms with Crippen LogP contribution in [0.5, 0.6) is 11.5 Å². The Balaban J connectivity index is 1.16. The van der Waals surface area contributed by atoms with Crippen molar-refractivity contribution in [1.82, 2.24) is 21.0 Å². The highest BCUT2D eigenvalue weighted by Crippen LogP contribution is 2.31. The van der Waals surface area contributed by atoms with Crippen LogP contribution in [0.1, 0.15) is 126 Å². The molecule has 0 bridgehead atoms. The van der Waals surface area contributed by atoms with Crippen LogP contribution in [0.3, 0.4) is 0 Å². The van der Waals surface area contributed by atoms with Crippen LogP contribution in [0.25, 0.3) is 11.3 Å². The number of amides is 4. The fourth-order valence-corrected chi connectivity index (χ4v) is 8.56. The maximum atomic E-state index is 14.2. The maximum Gasteiger partial charge on any atom is 0.363 e. The van der Waals surface area contributed by atoms with Gasteiger partial charge in [-0.3, -0.25) is 24.0 Å². The van der Waals surface area contributed by atoms with E-state index in [4.69, 9.17) is 32.9 Å². The van der Waals surface area contributed by atoms with E-state index in [0.717, 1.165) is 23.5 Å². The molecule has 0 aliphatic rings. The minimum absolute atomic E-state index is 0.0510. The summed E-state index contributed by atoms with van der Waals surface area (Å²) in [6.07, 6.45) is 2.69. The normalized spacial score (nSPS) is 11.9. The number of benzene rings is 5. The lowest BCUT2D eigenvalue weighted by molar-refractivity contribution is -0.171. The number of unbranched alkanes of at least 4 members (excludes halogenated alkanes) is 2. The van der Waals surface area contributed by atoms with E-state index in [0.29, 0.717) is 47.3 Å². The van der Waals surface area contributed by atoms with Crippen molar-refractivity contribution in [1.29, 1.82) is 0 Å². The fraction of sp³-hybridized carbons (Fsp3) is 0.323. The summed E-state index contributed by atoms with van der Waals surface area (Å²) in [6, 6.07) is 36.3. The number of methoxy groups -OCH3 is 1. The zero-order valence-electron chi connectivity index (χ0n) is 46.0. The Labute approximate surface area is 470 Å². The number of carbonyl (C=O) groups excluding carboxylic acids is 8. The lowest BCUT2D eigenvalue weighted by Gasteiger charge is -2.32. The van der Waals surface area contributed by atoms with Gasteiger partial charge in [-0.25, -0.2) is 14.4 Å². The van der Waals surface area contributed by atoms with Crippen LogP contribution in [0.4, 0.5) is 0 Å². The van der Waals surface area contributed by atoms with Gasteiger partial charge in [0, 0.05) is 5.56 Å². The first-order chi connectivity index (χ1) is 39.2. The molecule has 0 spiro atoms. The molecule has 0 saturated carbocycles. The summed E-state index contributed by atoms with van der Waals surface area (Å²) in [5.41, 5.74) is 3.14. The van der Waals surface area contributed by atoms with Crippen LogP contribution >= 0.6 is 0 Å². The second-order valence-electron chi connectivity index (χ2n) is 19.0. The van der Waals surface area contributed by atoms with E-state index in [1.54, 1.807) is 104 Å². The average molecular weight is 1110 g/mol. The largest absolute Gasteiger partial charge is 0.497 e. The van der Waals surface area contributed by atoms with E-state index in [1.165, 1.54) is 37.4 Å². The van der Waals surface area contributed by atoms with Gasteiger partial charge in [0.1, 0.15) is 43.1 Å². The van der Waals surface area contributed by atoms with Gasteiger partial charge >= 0.3 is 23.9 Å². The van der Waals surface area contributed by atoms with Crippen molar-refractivity contribution in [3.05, 3.63) is 179 Å². The number of esters is 3. The van der Waals surface area contributed by atoms with Crippen LogP contribution in [0, 0.1) is 5.92 Å². The molecular formula is C62H68N4O15. The highest BCUT2D eigenvalue weighted by Gasteiger charge is 2.35. The number of carbonyl (C=O) groups is 8. The molecule has 0 aliphatic carbocycles. The number of rotatable bonds is 31. The van der Waals surface area contributed by atoms with Gasteiger partial charge in [-0.1, -0.05) is 144 Å². The number of nitrogens with one attached hydrogen (secondary N) is 3. The lowest BCUT2D eigenvalue weighted by Crippen LogP contribution is -2.49. The van der Waals surface area contributed by atoms with Crippen molar-refractivity contribution in [2.24, 2.45) is 5.92 Å². The maximum absolute atomic E-state index is 14.2. The first kappa shape index (κ1) is 61.0. The number of hydrogen-bond donors (Lipinski definition) is 3. The zero-order chi connectivity index (χ0) is 58.1. The summed E-state index contributed by atoms with van der Waals surface area (Å²) in [5, 5.41) is 8.82. The van der Waals surface area contributed by atoms with Gasteiger partial charge in [0.15, 0.2) is 12.4 Å². The van der Waals surface area contributed by atoms with Crippen LogP contribution in [-0.2, 0) is 62.8 Å². The number of furan rings is 1. The molecule has 0 aliphatic heterocycles. The fourth-order valence-electron chi connectivity index (χ4n) is 8.56. The molecule has 3 N–H and O–H groups in total. The quantitative estimate of drug-likeness (QED) is 0.00917. The summed E-state index contributed by atoms with van der Waals surface area (Å²) in [5.74, 6) is -5.87. The third-order valence-corrected chi connectivity index (χ3v) is 12.9. The molecule has 0 radical (unpaired) electrons. The van der Waals surface area contributed by atoms with E-state index in [9.17, 15) is 38.4 Å². The zero-order valence-corrected chi connectivity index (χ0v) is 46.0. The summed E-state index contributed by atoms with van der Waals surface area (Å²) >= 11 is 0. The first-order valence-electron chi connectivity index (χ1n) is 26.7. The summed E-state index contributed by atoms with van der Waals surface area (Å²) in [4.78, 5) is 113. The molecule has 1 aromatic heterocycles. The van der Waals surface area contributed by atoms with Crippen LogP contribution in [0.15, 0.2) is 144 Å². The van der Waals surface area contributed by atoms with Gasteiger partial charge in [0.05, 0.1) is 43.3 Å². The van der Waals surface area contributed by atoms with Crippen LogP contribution in [0.2, 0.25) is 0 Å². The molecule has 426 valence electrons. The number of ether oxygens (including phenoxy) is 5. The summed E-state index contributed by atoms with van der Waals surface area (Å²) < 4.78 is 33.6. The standard InChI is InChI=1S/C62H68N4O15/c1-6-8-12-25-48(52(7-2)66(40-67)81-61(73)47-29-27-46(75-5)33-50(47)41(3)4)58(70)63-39-64-60(72)54-31-30-53(80-54)45-26-28-49(55(32-45)76-38-57(69)78-36-43-21-15-10-16-22-43)59(71)65-51(62(74)79-37-44-23-17-11-18-24-44)34-56(68)77-35-42-19-13-9-14-20-42/h9-11,13-24,26-33,40-41,48,51-52H,6-8,12,25,34-39H2,1-5H3,(H,63,70)(H,64,72)(H,65,71)/t48-,51+,52-/m1/s1. The minimum atomic E-state index is -1.52. The van der Waals surface area contributed by atoms with Crippen molar-refractivity contribution in [3.8, 4) is 22.8 Å². The molecule has 0 fully saturated rings. The van der Waals surface area contributed by atoms with E-state index in [-0.39, 0.29) is 67.2 Å². The highest BCUT2D eigenvalue weighted by molar-refractivity contribution is 6.00. The lowest BCUT2D eigenvalue weighted by atomic mass is 9.90. The van der Waals surface area contributed by atoms with E-state index in [1.807, 2.05) is 32.9 Å². The van der Waals surface area contributed by atoms with Gasteiger partial charge in [-0.05, 0) is 83.5 Å². The Kier molecular flexibility index (Phi) is 23.6. The van der Waals surface area contributed by atoms with E-state index in [2.05, 4.69) is 16.0 Å². The van der Waals surface area contributed by atoms with E-state index >= 15 is 0 Å². The average Bonchev–Trinajstić information content (AvgIpc) is 4.04. The predicted molar refractivity (Wildman–Crippen MR) is 297 cm³/mol. The Hall–Kier alpha value is -9.26. The Morgan fingerprint density at radius 3 is 1.88 bits per heavy atom. The molecular weight excluding hydrogens is 1040 g/mol. The smallest absolute Gasteiger partial charge is 0.363 e. The topological polar surface area (TPSA) is 244 Å². The van der Waals surface area contributed by atoms with Crippen LogP contribution < -0.4 is 25.4 Å². The minimum Gasteiger partial charge on any atom is -0.497 e. The van der Waals surface area contributed by atoms with Crippen molar-refractivity contribution in [2.75, 3.05) is 20.4 Å². The molecule has 5 aromatic carbocycles. The van der Waals surface area contributed by atoms with Crippen molar-refractivity contribution in [3.63, 3.8) is 0 Å². The van der Waals surface area contributed by atoms with Gasteiger partial charge in [-0.15, -0.1) is 0 Å². The molecule has 4 amide bonds. The van der Waals surface area contributed by atoms with Gasteiger partial charge in [0.2, 0.25) is 12.3 Å². The number of hydroxylamine groups is 2. The molecule has 0 saturated heterocycles. The molecule has 19 heteroatoms. The third-order valence-electron chi connectivity index (χ3n) is 12.9. The second kappa shape index (κ2) is 31.4. The molecule has 19 nitrogen and oxygen atoms in total. The Morgan fingerprint density at radius 2 is 1.28 bits per heavy atom. The van der Waals surface area contributed by atoms with Gasteiger partial charge < -0.3 is 48.9 Å². The second-order valence-corrected chi connectivity index (χ2v) is 19.0. The molecule has 0 unspecified atom stereocenters. The monoisotopic (exact) mass is 1110 g/mol. The molecule has 81 heavy (non-hydrogen) atoms. The SMILES string of the molecule is CCCCC[C@@H](C(=O)NCNC(=O)c1ccc(-c2ccc(C(=O)N[C@@H](CC(=O)OCc3ccccc3)C(=O)OCc3ccccc3)c(OCC(=O)OCc3ccccc3)c2)o1)[C@@H](CC)N(C=O)OC(=O)c1ccc(OC)cc1C(C)C. The Morgan fingerprint density at radius 1 is 0.667 bits per heavy atom. The third kappa shape index (κ3) is 18.4. The molecule has 6 aromatic rings. The number of nitrogens with zero attached hydrogens (tertiary/aromatic N) is 1. The summed E-state index contributed by atoms with van der Waals surface area (Å²) in [6.45, 7) is 6.33.